The molecule has 0 aromatic heterocycles. The average Bonchev–Trinajstić information content (AvgIpc) is 2.82. The Morgan fingerprint density at radius 2 is 1.83 bits per heavy atom. The van der Waals surface area contributed by atoms with Crippen LogP contribution in [0.5, 0.6) is 5.75 Å². The topological polar surface area (TPSA) is 86.6 Å². The number of phenolic OH excluding ortho intramolecular Hbond substituents is 1. The van der Waals surface area contributed by atoms with Gasteiger partial charge < -0.3 is 15.5 Å². The molecule has 1 aromatic rings. The van der Waals surface area contributed by atoms with E-state index in [0.29, 0.717) is 12.3 Å². The summed E-state index contributed by atoms with van der Waals surface area (Å²) in [6.07, 6.45) is 2.05. The van der Waals surface area contributed by atoms with Crippen molar-refractivity contribution in [3.05, 3.63) is 41.2 Å². The van der Waals surface area contributed by atoms with Crippen LogP contribution in [0.15, 0.2) is 35.6 Å². The average molecular weight is 331 g/mol. The van der Waals surface area contributed by atoms with Gasteiger partial charge in [0.25, 0.3) is 5.91 Å². The lowest BCUT2D eigenvalue weighted by atomic mass is 9.91. The molecule has 5 nitrogen and oxygen atoms in total. The largest absolute Gasteiger partial charge is 0.511 e. The van der Waals surface area contributed by atoms with Gasteiger partial charge in [-0.15, -0.1) is 0 Å². The van der Waals surface area contributed by atoms with Gasteiger partial charge in [-0.2, -0.15) is 0 Å². The number of carbonyl (C=O) groups excluding carboxylic acids is 2. The number of rotatable bonds is 6. The number of hydrogen-bond donors (Lipinski definition) is 3. The number of nitrogens with one attached hydrogen (secondary N) is 1. The van der Waals surface area contributed by atoms with Gasteiger partial charge in [-0.05, 0) is 30.0 Å². The lowest BCUT2D eigenvalue weighted by Gasteiger charge is -2.16. The Kier molecular flexibility index (Phi) is 5.65. The molecule has 0 radical (unpaired) electrons. The molecule has 1 aromatic carbocycles. The molecule has 1 heterocycles. The first-order chi connectivity index (χ1) is 11.3. The molecule has 3 N–H and O–H groups in total. The fourth-order valence-corrected chi connectivity index (χ4v) is 2.96. The van der Waals surface area contributed by atoms with Crippen LogP contribution in [-0.4, -0.2) is 27.9 Å². The number of hydrogen-bond acceptors (Lipinski definition) is 4. The summed E-state index contributed by atoms with van der Waals surface area (Å²) in [7, 11) is 0. The predicted molar refractivity (Wildman–Crippen MR) is 91.6 cm³/mol. The molecule has 0 saturated carbocycles. The van der Waals surface area contributed by atoms with E-state index in [2.05, 4.69) is 19.2 Å². The number of benzene rings is 1. The summed E-state index contributed by atoms with van der Waals surface area (Å²) >= 11 is 0. The van der Waals surface area contributed by atoms with E-state index < -0.39 is 11.9 Å². The summed E-state index contributed by atoms with van der Waals surface area (Å²) in [5, 5.41) is 22.3. The number of aliphatic hydroxyl groups excluding tert-OH is 1. The molecule has 5 heteroatoms. The van der Waals surface area contributed by atoms with Crippen LogP contribution in [0.1, 0.15) is 39.2 Å². The summed E-state index contributed by atoms with van der Waals surface area (Å²) in [6, 6.07) is 5.83. The predicted octanol–water partition coefficient (Wildman–Crippen LogP) is 2.89. The van der Waals surface area contributed by atoms with Gasteiger partial charge in [0, 0.05) is 12.3 Å². The van der Waals surface area contributed by atoms with Gasteiger partial charge in [-0.3, -0.25) is 9.59 Å². The van der Waals surface area contributed by atoms with Crippen molar-refractivity contribution in [2.24, 2.45) is 11.8 Å². The van der Waals surface area contributed by atoms with Crippen LogP contribution >= 0.6 is 0 Å². The highest BCUT2D eigenvalue weighted by Gasteiger charge is 2.39. The highest BCUT2D eigenvalue weighted by molar-refractivity contribution is 6.26. The van der Waals surface area contributed by atoms with Crippen molar-refractivity contribution in [3.8, 4) is 5.75 Å². The fourth-order valence-electron chi connectivity index (χ4n) is 2.96. The maximum absolute atomic E-state index is 12.5. The highest BCUT2D eigenvalue weighted by Crippen LogP contribution is 2.26. The maximum atomic E-state index is 12.5. The Morgan fingerprint density at radius 3 is 2.42 bits per heavy atom. The molecular weight excluding hydrogens is 306 g/mol. The van der Waals surface area contributed by atoms with Crippen molar-refractivity contribution in [3.63, 3.8) is 0 Å². The second kappa shape index (κ2) is 7.51. The number of ketones is 1. The third kappa shape index (κ3) is 3.96. The van der Waals surface area contributed by atoms with Crippen molar-refractivity contribution < 1.29 is 19.8 Å². The Hall–Kier alpha value is -2.30. The third-order valence-corrected chi connectivity index (χ3v) is 4.65. The minimum atomic E-state index is -0.671. The fraction of sp³-hybridized carbons (Fsp3) is 0.474. The second-order valence-electron chi connectivity index (χ2n) is 6.67. The van der Waals surface area contributed by atoms with Gasteiger partial charge in [0.05, 0.1) is 6.04 Å². The molecule has 0 spiro atoms. The number of aliphatic hydroxyl groups is 1. The normalized spacial score (nSPS) is 22.2. The molecule has 1 aliphatic heterocycles. The quantitative estimate of drug-likeness (QED) is 0.425. The molecule has 2 rings (SSSR count). The first-order valence-corrected chi connectivity index (χ1v) is 8.39. The van der Waals surface area contributed by atoms with Crippen molar-refractivity contribution in [2.45, 2.75) is 46.1 Å². The Balaban J connectivity index is 2.15. The number of aromatic hydroxyl groups is 1. The first kappa shape index (κ1) is 18.0. The van der Waals surface area contributed by atoms with E-state index in [1.54, 1.807) is 24.3 Å². The minimum Gasteiger partial charge on any atom is -0.511 e. The van der Waals surface area contributed by atoms with Gasteiger partial charge in [-0.25, -0.2) is 0 Å². The van der Waals surface area contributed by atoms with Crippen LogP contribution in [0.4, 0.5) is 0 Å². The Labute approximate surface area is 142 Å². The molecule has 0 bridgehead atoms. The van der Waals surface area contributed by atoms with E-state index in [9.17, 15) is 19.8 Å². The Morgan fingerprint density at radius 1 is 1.21 bits per heavy atom. The highest BCUT2D eigenvalue weighted by atomic mass is 16.3. The molecule has 130 valence electrons. The SMILES string of the molecule is CC[C@@H](C)C[C@H](C)/C(O)=C1/C(=O)N[C@H](Cc2ccc(O)cc2)C1=O. The van der Waals surface area contributed by atoms with Crippen molar-refractivity contribution in [1.29, 1.82) is 0 Å². The van der Waals surface area contributed by atoms with Crippen LogP contribution in [0.25, 0.3) is 0 Å². The standard InChI is InChI=1S/C19H25NO4/c1-4-11(2)9-12(3)17(22)16-18(23)15(20-19(16)24)10-13-5-7-14(21)8-6-13/h5-8,11-12,15,21-22H,4,9-10H2,1-3H3,(H,20,24)/b17-16-/t11-,12+,15-/m1/s1. The number of phenols is 1. The van der Waals surface area contributed by atoms with E-state index in [4.69, 9.17) is 0 Å². The van der Waals surface area contributed by atoms with E-state index in [-0.39, 0.29) is 28.8 Å². The lowest BCUT2D eigenvalue weighted by Crippen LogP contribution is -2.31. The molecular formula is C19H25NO4. The number of amides is 1. The van der Waals surface area contributed by atoms with E-state index in [1.807, 2.05) is 6.92 Å². The Bertz CT molecular complexity index is 648. The summed E-state index contributed by atoms with van der Waals surface area (Å²) in [5.74, 6) is -0.630. The number of carbonyl (C=O) groups is 2. The van der Waals surface area contributed by atoms with Gasteiger partial charge in [0.2, 0.25) is 0 Å². The van der Waals surface area contributed by atoms with Crippen LogP contribution in [0, 0.1) is 11.8 Å². The maximum Gasteiger partial charge on any atom is 0.259 e. The van der Waals surface area contributed by atoms with Gasteiger partial charge in [0.15, 0.2) is 5.78 Å². The zero-order chi connectivity index (χ0) is 17.9. The summed E-state index contributed by atoms with van der Waals surface area (Å²) in [4.78, 5) is 24.7. The summed E-state index contributed by atoms with van der Waals surface area (Å²) in [6.45, 7) is 5.99. The first-order valence-electron chi connectivity index (χ1n) is 8.39. The van der Waals surface area contributed by atoms with Crippen molar-refractivity contribution in [2.75, 3.05) is 0 Å². The van der Waals surface area contributed by atoms with E-state index >= 15 is 0 Å². The van der Waals surface area contributed by atoms with Gasteiger partial charge >= 0.3 is 0 Å². The molecule has 1 aliphatic rings. The van der Waals surface area contributed by atoms with Crippen molar-refractivity contribution >= 4 is 11.7 Å². The van der Waals surface area contributed by atoms with E-state index in [0.717, 1.165) is 18.4 Å². The van der Waals surface area contributed by atoms with Crippen LogP contribution < -0.4 is 5.32 Å². The van der Waals surface area contributed by atoms with Crippen molar-refractivity contribution in [1.82, 2.24) is 5.32 Å². The minimum absolute atomic E-state index is 0.102. The molecule has 1 saturated heterocycles. The molecule has 1 amide bonds. The molecule has 3 atom stereocenters. The number of Topliss-reactive ketones (excluding diaryl/α,β-unsaturated/α-hetero) is 1. The van der Waals surface area contributed by atoms with Gasteiger partial charge in [-0.1, -0.05) is 39.3 Å². The monoisotopic (exact) mass is 331 g/mol. The lowest BCUT2D eigenvalue weighted by molar-refractivity contribution is -0.117. The summed E-state index contributed by atoms with van der Waals surface area (Å²) < 4.78 is 0. The molecule has 0 aliphatic carbocycles. The third-order valence-electron chi connectivity index (χ3n) is 4.65. The molecule has 1 fully saturated rings. The van der Waals surface area contributed by atoms with E-state index in [1.165, 1.54) is 0 Å². The molecule has 0 unspecified atom stereocenters. The smallest absolute Gasteiger partial charge is 0.259 e. The molecule has 24 heavy (non-hydrogen) atoms. The zero-order valence-corrected chi connectivity index (χ0v) is 14.4. The number of allylic oxidation sites excluding steroid dienone is 1. The van der Waals surface area contributed by atoms with Crippen LogP contribution in [0.2, 0.25) is 0 Å². The van der Waals surface area contributed by atoms with Crippen LogP contribution in [0.3, 0.4) is 0 Å². The zero-order valence-electron chi connectivity index (χ0n) is 14.4. The summed E-state index contributed by atoms with van der Waals surface area (Å²) in [5.41, 5.74) is 0.731. The second-order valence-corrected chi connectivity index (χ2v) is 6.67. The van der Waals surface area contributed by atoms with Gasteiger partial charge in [0.1, 0.15) is 17.1 Å². The van der Waals surface area contributed by atoms with Crippen LogP contribution in [-0.2, 0) is 16.0 Å².